The third-order valence-electron chi connectivity index (χ3n) is 5.27. The number of sulfonamides is 1. The van der Waals surface area contributed by atoms with Crippen molar-refractivity contribution in [2.45, 2.75) is 37.6 Å². The van der Waals surface area contributed by atoms with Gasteiger partial charge in [-0.2, -0.15) is 0 Å². The highest BCUT2D eigenvalue weighted by atomic mass is 32.2. The lowest BCUT2D eigenvalue weighted by atomic mass is 10.0. The molecule has 152 valence electrons. The second-order valence-electron chi connectivity index (χ2n) is 7.65. The molecule has 0 bridgehead atoms. The second-order valence-corrected chi connectivity index (χ2v) is 9.42. The van der Waals surface area contributed by atoms with Crippen LogP contribution in [0.15, 0.2) is 53.4 Å². The molecule has 1 heterocycles. The summed E-state index contributed by atoms with van der Waals surface area (Å²) >= 11 is 0. The average Bonchev–Trinajstić information content (AvgIpc) is 2.70. The largest absolute Gasteiger partial charge is 0.379 e. The lowest BCUT2D eigenvalue weighted by molar-refractivity contribution is 0.0172. The zero-order valence-electron chi connectivity index (χ0n) is 16.9. The van der Waals surface area contributed by atoms with Gasteiger partial charge in [0.05, 0.1) is 18.1 Å². The molecule has 1 atom stereocenters. The molecule has 5 nitrogen and oxygen atoms in total. The van der Waals surface area contributed by atoms with Crippen molar-refractivity contribution < 1.29 is 13.2 Å². The highest BCUT2D eigenvalue weighted by Crippen LogP contribution is 2.23. The highest BCUT2D eigenvalue weighted by Gasteiger charge is 2.25. The van der Waals surface area contributed by atoms with Crippen molar-refractivity contribution in [2.24, 2.45) is 0 Å². The van der Waals surface area contributed by atoms with Crippen LogP contribution in [-0.4, -0.2) is 46.2 Å². The number of benzene rings is 2. The molecule has 1 aliphatic heterocycles. The van der Waals surface area contributed by atoms with Crippen molar-refractivity contribution in [1.82, 2.24) is 9.62 Å². The van der Waals surface area contributed by atoms with E-state index in [1.54, 1.807) is 12.1 Å². The van der Waals surface area contributed by atoms with E-state index in [9.17, 15) is 8.42 Å². The molecule has 0 aliphatic carbocycles. The van der Waals surface area contributed by atoms with Gasteiger partial charge in [0.1, 0.15) is 0 Å². The molecular formula is C22H30N2O3S. The van der Waals surface area contributed by atoms with E-state index in [0.29, 0.717) is 30.6 Å². The Bertz CT molecular complexity index is 856. The maximum Gasteiger partial charge on any atom is 0.240 e. The van der Waals surface area contributed by atoms with E-state index in [1.807, 2.05) is 12.1 Å². The molecule has 3 rings (SSSR count). The minimum absolute atomic E-state index is 0.0192. The van der Waals surface area contributed by atoms with Gasteiger partial charge in [-0.25, -0.2) is 13.1 Å². The topological polar surface area (TPSA) is 58.6 Å². The highest BCUT2D eigenvalue weighted by molar-refractivity contribution is 7.89. The Morgan fingerprint density at radius 1 is 0.964 bits per heavy atom. The minimum Gasteiger partial charge on any atom is -0.379 e. The van der Waals surface area contributed by atoms with Crippen molar-refractivity contribution >= 4 is 10.0 Å². The van der Waals surface area contributed by atoms with Crippen LogP contribution in [0.2, 0.25) is 0 Å². The molecule has 1 N–H and O–H groups in total. The van der Waals surface area contributed by atoms with E-state index in [1.165, 1.54) is 5.56 Å². The number of ether oxygens (including phenoxy) is 1. The van der Waals surface area contributed by atoms with Crippen LogP contribution < -0.4 is 4.72 Å². The Hall–Kier alpha value is -1.73. The first-order valence-corrected chi connectivity index (χ1v) is 11.3. The maximum atomic E-state index is 12.8. The molecule has 0 amide bonds. The number of hydrogen-bond acceptors (Lipinski definition) is 4. The van der Waals surface area contributed by atoms with Gasteiger partial charge in [0, 0.05) is 25.7 Å². The van der Waals surface area contributed by atoms with Gasteiger partial charge in [0.2, 0.25) is 10.0 Å². The van der Waals surface area contributed by atoms with Crippen LogP contribution in [0.4, 0.5) is 0 Å². The molecular weight excluding hydrogens is 372 g/mol. The molecule has 28 heavy (non-hydrogen) atoms. The molecule has 6 heteroatoms. The molecule has 1 aliphatic rings. The van der Waals surface area contributed by atoms with Crippen LogP contribution in [0, 0.1) is 6.92 Å². The smallest absolute Gasteiger partial charge is 0.240 e. The van der Waals surface area contributed by atoms with E-state index < -0.39 is 10.0 Å². The van der Waals surface area contributed by atoms with Gasteiger partial charge < -0.3 is 4.74 Å². The summed E-state index contributed by atoms with van der Waals surface area (Å²) in [5, 5.41) is 0. The molecule has 1 saturated heterocycles. The summed E-state index contributed by atoms with van der Waals surface area (Å²) in [6, 6.07) is 15.4. The molecule has 0 saturated carbocycles. The number of hydrogen-bond donors (Lipinski definition) is 1. The SMILES string of the molecule is Cc1ccc(C(CNS(=O)(=O)c2ccc(C(C)C)cc2)N2CCOCC2)cc1. The van der Waals surface area contributed by atoms with Crippen molar-refractivity contribution in [1.29, 1.82) is 0 Å². The Balaban J connectivity index is 1.77. The summed E-state index contributed by atoms with van der Waals surface area (Å²) in [7, 11) is -3.56. The van der Waals surface area contributed by atoms with Crippen LogP contribution in [-0.2, 0) is 14.8 Å². The summed E-state index contributed by atoms with van der Waals surface area (Å²) in [6.45, 7) is 9.51. The van der Waals surface area contributed by atoms with Gasteiger partial charge in [-0.15, -0.1) is 0 Å². The predicted molar refractivity (Wildman–Crippen MR) is 112 cm³/mol. The fourth-order valence-corrected chi connectivity index (χ4v) is 4.48. The van der Waals surface area contributed by atoms with Gasteiger partial charge in [0.25, 0.3) is 0 Å². The van der Waals surface area contributed by atoms with Crippen molar-refractivity contribution in [3.05, 3.63) is 65.2 Å². The Morgan fingerprint density at radius 2 is 1.54 bits per heavy atom. The number of nitrogens with one attached hydrogen (secondary N) is 1. The summed E-state index contributed by atoms with van der Waals surface area (Å²) in [6.07, 6.45) is 0. The standard InChI is InChI=1S/C22H30N2O3S/c1-17(2)19-8-10-21(11-9-19)28(25,26)23-16-22(24-12-14-27-15-13-24)20-6-4-18(3)5-7-20/h4-11,17,22-23H,12-16H2,1-3H3. The molecule has 2 aromatic carbocycles. The van der Waals surface area contributed by atoms with Crippen LogP contribution in [0.25, 0.3) is 0 Å². The zero-order valence-corrected chi connectivity index (χ0v) is 17.7. The fraction of sp³-hybridized carbons (Fsp3) is 0.455. The normalized spacial score (nSPS) is 17.0. The lowest BCUT2D eigenvalue weighted by Crippen LogP contribution is -2.43. The third kappa shape index (κ3) is 5.20. The predicted octanol–water partition coefficient (Wildman–Crippen LogP) is 3.47. The summed E-state index contributed by atoms with van der Waals surface area (Å²) in [4.78, 5) is 2.60. The first-order chi connectivity index (χ1) is 13.4. The lowest BCUT2D eigenvalue weighted by Gasteiger charge is -2.35. The first-order valence-electron chi connectivity index (χ1n) is 9.85. The van der Waals surface area contributed by atoms with E-state index in [4.69, 9.17) is 4.74 Å². The van der Waals surface area contributed by atoms with Crippen molar-refractivity contribution in [2.75, 3.05) is 32.8 Å². The van der Waals surface area contributed by atoms with Crippen LogP contribution >= 0.6 is 0 Å². The van der Waals surface area contributed by atoms with E-state index >= 15 is 0 Å². The number of rotatable bonds is 7. The molecule has 2 aromatic rings. The molecule has 0 radical (unpaired) electrons. The maximum absolute atomic E-state index is 12.8. The van der Waals surface area contributed by atoms with Gasteiger partial charge in [-0.05, 0) is 36.1 Å². The van der Waals surface area contributed by atoms with E-state index in [0.717, 1.165) is 24.2 Å². The molecule has 1 unspecified atom stereocenters. The van der Waals surface area contributed by atoms with E-state index in [2.05, 4.69) is 54.7 Å². The average molecular weight is 403 g/mol. The number of aryl methyl sites for hydroxylation is 1. The molecule has 0 aromatic heterocycles. The van der Waals surface area contributed by atoms with Gasteiger partial charge in [0.15, 0.2) is 0 Å². The number of morpholine rings is 1. The monoisotopic (exact) mass is 402 g/mol. The quantitative estimate of drug-likeness (QED) is 0.770. The zero-order chi connectivity index (χ0) is 20.1. The Kier molecular flexibility index (Phi) is 6.88. The van der Waals surface area contributed by atoms with Crippen molar-refractivity contribution in [3.63, 3.8) is 0 Å². The fourth-order valence-electron chi connectivity index (χ4n) is 3.44. The molecule has 1 fully saturated rings. The first kappa shape index (κ1) is 21.0. The summed E-state index contributed by atoms with van der Waals surface area (Å²) in [5.41, 5.74) is 3.44. The third-order valence-corrected chi connectivity index (χ3v) is 6.71. The Labute approximate surface area is 168 Å². The van der Waals surface area contributed by atoms with Gasteiger partial charge in [-0.3, -0.25) is 4.90 Å². The van der Waals surface area contributed by atoms with Gasteiger partial charge in [-0.1, -0.05) is 55.8 Å². The minimum atomic E-state index is -3.56. The second kappa shape index (κ2) is 9.18. The summed E-state index contributed by atoms with van der Waals surface area (Å²) < 4.78 is 34.0. The molecule has 0 spiro atoms. The summed E-state index contributed by atoms with van der Waals surface area (Å²) in [5.74, 6) is 0.372. The Morgan fingerprint density at radius 3 is 2.11 bits per heavy atom. The van der Waals surface area contributed by atoms with Gasteiger partial charge >= 0.3 is 0 Å². The van der Waals surface area contributed by atoms with Crippen LogP contribution in [0.3, 0.4) is 0 Å². The van der Waals surface area contributed by atoms with Crippen LogP contribution in [0.5, 0.6) is 0 Å². The number of nitrogens with zero attached hydrogens (tertiary/aromatic N) is 1. The van der Waals surface area contributed by atoms with Crippen LogP contribution in [0.1, 0.15) is 42.5 Å². The van der Waals surface area contributed by atoms with Crippen molar-refractivity contribution in [3.8, 4) is 0 Å². The van der Waals surface area contributed by atoms with E-state index in [-0.39, 0.29) is 6.04 Å².